The standard InChI is InChI=1S/C16H22FNO2/c1-16(2,3)14(11-5-4-6-13(17)9-11)18-15(19)12-7-8-20-10-12/h4-6,9,12,14H,7-8,10H2,1-3H3,(H,18,19)/t12-,14+/m1/s1. The fourth-order valence-electron chi connectivity index (χ4n) is 2.49. The zero-order chi connectivity index (χ0) is 14.8. The van der Waals surface area contributed by atoms with Gasteiger partial charge in [0.05, 0.1) is 18.6 Å². The van der Waals surface area contributed by atoms with Gasteiger partial charge in [0.15, 0.2) is 0 Å². The van der Waals surface area contributed by atoms with Crippen molar-refractivity contribution in [3.63, 3.8) is 0 Å². The van der Waals surface area contributed by atoms with Gasteiger partial charge in [0.25, 0.3) is 0 Å². The maximum atomic E-state index is 13.4. The van der Waals surface area contributed by atoms with Crippen LogP contribution in [0.15, 0.2) is 24.3 Å². The van der Waals surface area contributed by atoms with Crippen molar-refractivity contribution in [1.29, 1.82) is 0 Å². The van der Waals surface area contributed by atoms with Crippen molar-refractivity contribution >= 4 is 5.91 Å². The van der Waals surface area contributed by atoms with E-state index in [0.29, 0.717) is 13.2 Å². The Morgan fingerprint density at radius 2 is 2.20 bits per heavy atom. The Bertz CT molecular complexity index is 476. The number of benzene rings is 1. The molecule has 20 heavy (non-hydrogen) atoms. The average Bonchev–Trinajstić information content (AvgIpc) is 2.88. The lowest BCUT2D eigenvalue weighted by Gasteiger charge is -2.32. The molecule has 1 aliphatic heterocycles. The number of ether oxygens (including phenoxy) is 1. The van der Waals surface area contributed by atoms with E-state index in [0.717, 1.165) is 12.0 Å². The summed E-state index contributed by atoms with van der Waals surface area (Å²) >= 11 is 0. The summed E-state index contributed by atoms with van der Waals surface area (Å²) in [5.74, 6) is -0.379. The Kier molecular flexibility index (Phi) is 4.43. The number of amides is 1. The third kappa shape index (κ3) is 3.57. The monoisotopic (exact) mass is 279 g/mol. The number of halogens is 1. The zero-order valence-electron chi connectivity index (χ0n) is 12.3. The van der Waals surface area contributed by atoms with Gasteiger partial charge in [-0.15, -0.1) is 0 Å². The van der Waals surface area contributed by atoms with Crippen molar-refractivity contribution in [2.24, 2.45) is 11.3 Å². The van der Waals surface area contributed by atoms with Crippen molar-refractivity contribution in [3.05, 3.63) is 35.6 Å². The van der Waals surface area contributed by atoms with E-state index in [1.165, 1.54) is 12.1 Å². The molecule has 1 heterocycles. The van der Waals surface area contributed by atoms with Gasteiger partial charge >= 0.3 is 0 Å². The molecular formula is C16H22FNO2. The lowest BCUT2D eigenvalue weighted by molar-refractivity contribution is -0.126. The van der Waals surface area contributed by atoms with E-state index in [-0.39, 0.29) is 29.1 Å². The number of hydrogen-bond acceptors (Lipinski definition) is 2. The fourth-order valence-corrected chi connectivity index (χ4v) is 2.49. The van der Waals surface area contributed by atoms with E-state index in [1.54, 1.807) is 6.07 Å². The Hall–Kier alpha value is -1.42. The van der Waals surface area contributed by atoms with Crippen LogP contribution in [0.3, 0.4) is 0 Å². The van der Waals surface area contributed by atoms with Gasteiger partial charge in [-0.05, 0) is 29.5 Å². The maximum Gasteiger partial charge on any atom is 0.226 e. The number of nitrogens with one attached hydrogen (secondary N) is 1. The van der Waals surface area contributed by atoms with Crippen molar-refractivity contribution in [2.75, 3.05) is 13.2 Å². The molecule has 0 radical (unpaired) electrons. The molecule has 2 rings (SSSR count). The largest absolute Gasteiger partial charge is 0.381 e. The second-order valence-electron chi connectivity index (χ2n) is 6.42. The van der Waals surface area contributed by atoms with Crippen molar-refractivity contribution in [3.8, 4) is 0 Å². The average molecular weight is 279 g/mol. The first-order chi connectivity index (χ1) is 9.38. The quantitative estimate of drug-likeness (QED) is 0.923. The van der Waals surface area contributed by atoms with Crippen molar-refractivity contribution in [2.45, 2.75) is 33.2 Å². The second kappa shape index (κ2) is 5.92. The normalized spacial score (nSPS) is 20.7. The first-order valence-corrected chi connectivity index (χ1v) is 7.01. The Morgan fingerprint density at radius 1 is 1.45 bits per heavy atom. The van der Waals surface area contributed by atoms with Crippen LogP contribution in [0, 0.1) is 17.2 Å². The van der Waals surface area contributed by atoms with Gasteiger partial charge in [0, 0.05) is 6.61 Å². The van der Waals surface area contributed by atoms with E-state index in [1.807, 2.05) is 26.8 Å². The minimum Gasteiger partial charge on any atom is -0.381 e. The number of carbonyl (C=O) groups excluding carboxylic acids is 1. The summed E-state index contributed by atoms with van der Waals surface area (Å²) in [4.78, 5) is 12.3. The van der Waals surface area contributed by atoms with E-state index in [2.05, 4.69) is 5.32 Å². The van der Waals surface area contributed by atoms with E-state index >= 15 is 0 Å². The molecule has 1 N–H and O–H groups in total. The summed E-state index contributed by atoms with van der Waals surface area (Å²) in [6.07, 6.45) is 0.756. The van der Waals surface area contributed by atoms with Gasteiger partial charge < -0.3 is 10.1 Å². The highest BCUT2D eigenvalue weighted by Gasteiger charge is 2.31. The minimum atomic E-state index is -0.282. The minimum absolute atomic E-state index is 0.00770. The third-order valence-electron chi connectivity index (χ3n) is 3.64. The Balaban J connectivity index is 2.18. The summed E-state index contributed by atoms with van der Waals surface area (Å²) in [6, 6.07) is 6.21. The van der Waals surface area contributed by atoms with E-state index in [4.69, 9.17) is 4.74 Å². The van der Waals surface area contributed by atoms with Crippen molar-refractivity contribution in [1.82, 2.24) is 5.32 Å². The highest BCUT2D eigenvalue weighted by Crippen LogP contribution is 2.33. The molecule has 4 heteroatoms. The molecule has 1 aromatic carbocycles. The van der Waals surface area contributed by atoms with Crippen LogP contribution < -0.4 is 5.32 Å². The molecule has 0 aromatic heterocycles. The number of rotatable bonds is 3. The second-order valence-corrected chi connectivity index (χ2v) is 6.42. The van der Waals surface area contributed by atoms with Crippen LogP contribution in [-0.4, -0.2) is 19.1 Å². The van der Waals surface area contributed by atoms with Crippen LogP contribution in [0.2, 0.25) is 0 Å². The number of carbonyl (C=O) groups is 1. The fraction of sp³-hybridized carbons (Fsp3) is 0.562. The molecule has 2 atom stereocenters. The predicted octanol–water partition coefficient (Wildman–Crippen LogP) is 3.07. The Labute approximate surface area is 119 Å². The number of hydrogen-bond donors (Lipinski definition) is 1. The van der Waals surface area contributed by atoms with Gasteiger partial charge in [0.2, 0.25) is 5.91 Å². The Morgan fingerprint density at radius 3 is 2.75 bits per heavy atom. The molecule has 0 spiro atoms. The molecule has 1 aromatic rings. The molecule has 1 fully saturated rings. The molecule has 0 unspecified atom stereocenters. The van der Waals surface area contributed by atoms with Crippen LogP contribution in [0.1, 0.15) is 38.8 Å². The van der Waals surface area contributed by atoms with Gasteiger partial charge in [-0.3, -0.25) is 4.79 Å². The summed E-state index contributed by atoms with van der Waals surface area (Å²) in [6.45, 7) is 7.22. The first kappa shape index (κ1) is 15.0. The first-order valence-electron chi connectivity index (χ1n) is 7.01. The molecule has 3 nitrogen and oxygen atoms in total. The molecule has 1 amide bonds. The van der Waals surface area contributed by atoms with E-state index in [9.17, 15) is 9.18 Å². The highest BCUT2D eigenvalue weighted by molar-refractivity contribution is 5.79. The van der Waals surface area contributed by atoms with Gasteiger partial charge in [-0.2, -0.15) is 0 Å². The van der Waals surface area contributed by atoms with Crippen LogP contribution in [0.5, 0.6) is 0 Å². The van der Waals surface area contributed by atoms with Gasteiger partial charge in [-0.1, -0.05) is 32.9 Å². The van der Waals surface area contributed by atoms with Crippen LogP contribution in [-0.2, 0) is 9.53 Å². The van der Waals surface area contributed by atoms with Gasteiger partial charge in [0.1, 0.15) is 5.82 Å². The summed E-state index contributed by atoms with van der Waals surface area (Å²) < 4.78 is 18.7. The lowest BCUT2D eigenvalue weighted by Crippen LogP contribution is -2.40. The SMILES string of the molecule is CC(C)(C)[C@@H](NC(=O)[C@@H]1CCOC1)c1cccc(F)c1. The third-order valence-corrected chi connectivity index (χ3v) is 3.64. The van der Waals surface area contributed by atoms with Crippen LogP contribution in [0.25, 0.3) is 0 Å². The predicted molar refractivity (Wildman–Crippen MR) is 75.7 cm³/mol. The summed E-state index contributed by atoms with van der Waals surface area (Å²) in [5, 5.41) is 3.06. The molecule has 110 valence electrons. The molecule has 0 saturated carbocycles. The topological polar surface area (TPSA) is 38.3 Å². The molecule has 1 aliphatic rings. The zero-order valence-corrected chi connectivity index (χ0v) is 12.3. The molecule has 0 aliphatic carbocycles. The molecule has 1 saturated heterocycles. The van der Waals surface area contributed by atoms with Crippen LogP contribution in [0.4, 0.5) is 4.39 Å². The molecular weight excluding hydrogens is 257 g/mol. The lowest BCUT2D eigenvalue weighted by atomic mass is 9.82. The van der Waals surface area contributed by atoms with Crippen molar-refractivity contribution < 1.29 is 13.9 Å². The van der Waals surface area contributed by atoms with E-state index < -0.39 is 0 Å². The smallest absolute Gasteiger partial charge is 0.226 e. The van der Waals surface area contributed by atoms with Crippen LogP contribution >= 0.6 is 0 Å². The highest BCUT2D eigenvalue weighted by atomic mass is 19.1. The maximum absolute atomic E-state index is 13.4. The molecule has 0 bridgehead atoms. The van der Waals surface area contributed by atoms with Gasteiger partial charge in [-0.25, -0.2) is 4.39 Å². The summed E-state index contributed by atoms with van der Waals surface area (Å²) in [7, 11) is 0. The summed E-state index contributed by atoms with van der Waals surface area (Å²) in [5.41, 5.74) is 0.605.